The molecule has 0 aliphatic carbocycles. The van der Waals surface area contributed by atoms with Crippen LogP contribution >= 0.6 is 35.0 Å². The number of amides is 2. The van der Waals surface area contributed by atoms with Gasteiger partial charge in [0.05, 0.1) is 21.4 Å². The minimum atomic E-state index is -3.45. The average molecular weight is 476 g/mol. The molecule has 1 aliphatic rings. The van der Waals surface area contributed by atoms with E-state index >= 15 is 0 Å². The molecule has 2 amide bonds. The summed E-state index contributed by atoms with van der Waals surface area (Å²) in [6.45, 7) is -0.148. The number of hydrogen-bond donors (Lipinski definition) is 1. The van der Waals surface area contributed by atoms with Gasteiger partial charge in [0, 0.05) is 11.8 Å². The lowest BCUT2D eigenvalue weighted by Gasteiger charge is -2.13. The number of phenolic OH excluding ortho intramolecular Hbond substituents is 1. The molecule has 0 unspecified atom stereocenters. The zero-order valence-corrected chi connectivity index (χ0v) is 17.8. The molecule has 1 N–H and O–H groups in total. The molecule has 29 heavy (non-hydrogen) atoms. The lowest BCUT2D eigenvalue weighted by Crippen LogP contribution is -2.27. The van der Waals surface area contributed by atoms with Crippen molar-refractivity contribution in [3.05, 3.63) is 62.2 Å². The van der Waals surface area contributed by atoms with E-state index in [4.69, 9.17) is 23.2 Å². The first kappa shape index (κ1) is 21.6. The molecule has 3 rings (SSSR count). The molecule has 0 aromatic heterocycles. The SMILES string of the molecule is CS(=O)(=O)c1cccc(CN2C(=O)S/C(=C\c3cc(Cl)c(O)c(Cl)c3F)C2=O)c1. The number of halogens is 3. The van der Waals surface area contributed by atoms with Gasteiger partial charge in [-0.2, -0.15) is 0 Å². The highest BCUT2D eigenvalue weighted by Crippen LogP contribution is 2.39. The molecular formula is C18H12Cl2FNO5S2. The number of aromatic hydroxyl groups is 1. The van der Waals surface area contributed by atoms with Gasteiger partial charge < -0.3 is 5.11 Å². The number of hydrogen-bond acceptors (Lipinski definition) is 6. The van der Waals surface area contributed by atoms with Crippen LogP contribution in [-0.2, 0) is 21.2 Å². The summed E-state index contributed by atoms with van der Waals surface area (Å²) in [5.41, 5.74) is 0.278. The number of rotatable bonds is 4. The maximum absolute atomic E-state index is 14.2. The second kappa shape index (κ2) is 7.98. The van der Waals surface area contributed by atoms with Crippen LogP contribution < -0.4 is 0 Å². The van der Waals surface area contributed by atoms with Crippen molar-refractivity contribution in [1.82, 2.24) is 4.90 Å². The fourth-order valence-electron chi connectivity index (χ4n) is 2.54. The summed E-state index contributed by atoms with van der Waals surface area (Å²) in [7, 11) is -3.45. The predicted octanol–water partition coefficient (Wildman–Crippen LogP) is 4.48. The van der Waals surface area contributed by atoms with Crippen molar-refractivity contribution in [2.45, 2.75) is 11.4 Å². The summed E-state index contributed by atoms with van der Waals surface area (Å²) >= 11 is 12.0. The number of carbonyl (C=O) groups is 2. The van der Waals surface area contributed by atoms with Gasteiger partial charge >= 0.3 is 0 Å². The molecule has 1 heterocycles. The van der Waals surface area contributed by atoms with Gasteiger partial charge in [-0.05, 0) is 41.6 Å². The zero-order chi connectivity index (χ0) is 21.5. The van der Waals surface area contributed by atoms with Crippen molar-refractivity contribution in [2.75, 3.05) is 6.26 Å². The molecule has 6 nitrogen and oxygen atoms in total. The van der Waals surface area contributed by atoms with Crippen LogP contribution in [0.5, 0.6) is 5.75 Å². The Bertz CT molecular complexity index is 1180. The van der Waals surface area contributed by atoms with E-state index in [2.05, 4.69) is 0 Å². The Morgan fingerprint density at radius 2 is 1.93 bits per heavy atom. The number of thioether (sulfide) groups is 1. The van der Waals surface area contributed by atoms with E-state index in [9.17, 15) is 27.5 Å². The molecule has 1 saturated heterocycles. The largest absolute Gasteiger partial charge is 0.505 e. The Labute approximate surface area is 179 Å². The van der Waals surface area contributed by atoms with Gasteiger partial charge in [0.2, 0.25) is 0 Å². The molecular weight excluding hydrogens is 464 g/mol. The first-order chi connectivity index (χ1) is 13.5. The van der Waals surface area contributed by atoms with E-state index in [1.165, 1.54) is 18.2 Å². The Kier molecular flexibility index (Phi) is 5.96. The minimum absolute atomic E-state index is 0.0629. The molecule has 11 heteroatoms. The topological polar surface area (TPSA) is 91.8 Å². The lowest BCUT2D eigenvalue weighted by atomic mass is 10.1. The summed E-state index contributed by atoms with van der Waals surface area (Å²) in [5.74, 6) is -2.28. The summed E-state index contributed by atoms with van der Waals surface area (Å²) in [4.78, 5) is 25.8. The third-order valence-corrected chi connectivity index (χ3v) is 6.64. The number of carbonyl (C=O) groups excluding carboxylic acids is 2. The quantitative estimate of drug-likeness (QED) is 0.517. The molecule has 0 bridgehead atoms. The van der Waals surface area contributed by atoms with Gasteiger partial charge in [0.25, 0.3) is 11.1 Å². The number of benzene rings is 2. The molecule has 0 radical (unpaired) electrons. The molecule has 0 spiro atoms. The van der Waals surface area contributed by atoms with E-state index in [0.29, 0.717) is 17.3 Å². The van der Waals surface area contributed by atoms with Gasteiger partial charge in [-0.1, -0.05) is 35.3 Å². The van der Waals surface area contributed by atoms with Crippen molar-refractivity contribution in [3.63, 3.8) is 0 Å². The highest BCUT2D eigenvalue weighted by molar-refractivity contribution is 8.18. The van der Waals surface area contributed by atoms with Crippen LogP contribution in [0, 0.1) is 5.82 Å². The van der Waals surface area contributed by atoms with E-state index in [-0.39, 0.29) is 26.9 Å². The highest BCUT2D eigenvalue weighted by atomic mass is 35.5. The molecule has 2 aromatic rings. The Balaban J connectivity index is 1.91. The summed E-state index contributed by atoms with van der Waals surface area (Å²) in [5, 5.41) is 8.15. The van der Waals surface area contributed by atoms with Gasteiger partial charge in [-0.25, -0.2) is 12.8 Å². The molecule has 152 valence electrons. The van der Waals surface area contributed by atoms with Crippen molar-refractivity contribution in [2.24, 2.45) is 0 Å². The van der Waals surface area contributed by atoms with Crippen molar-refractivity contribution in [3.8, 4) is 5.75 Å². The van der Waals surface area contributed by atoms with Crippen LogP contribution in [0.1, 0.15) is 11.1 Å². The third-order valence-electron chi connectivity index (χ3n) is 3.99. The molecule has 1 aliphatic heterocycles. The summed E-state index contributed by atoms with van der Waals surface area (Å²) in [6, 6.07) is 6.97. The molecule has 2 aromatic carbocycles. The number of phenols is 1. The van der Waals surface area contributed by atoms with Crippen LogP contribution in [-0.4, -0.2) is 35.8 Å². The predicted molar refractivity (Wildman–Crippen MR) is 109 cm³/mol. The van der Waals surface area contributed by atoms with E-state index in [1.54, 1.807) is 6.07 Å². The third kappa shape index (κ3) is 4.42. The molecule has 0 saturated carbocycles. The van der Waals surface area contributed by atoms with Crippen LogP contribution in [0.3, 0.4) is 0 Å². The molecule has 0 atom stereocenters. The fraction of sp³-hybridized carbons (Fsp3) is 0.111. The maximum Gasteiger partial charge on any atom is 0.293 e. The Morgan fingerprint density at radius 3 is 2.59 bits per heavy atom. The zero-order valence-electron chi connectivity index (χ0n) is 14.6. The maximum atomic E-state index is 14.2. The fourth-order valence-corrected chi connectivity index (χ4v) is 4.54. The van der Waals surface area contributed by atoms with Crippen molar-refractivity contribution < 1.29 is 27.5 Å². The summed E-state index contributed by atoms with van der Waals surface area (Å²) in [6.07, 6.45) is 2.17. The average Bonchev–Trinajstić information content (AvgIpc) is 2.91. The van der Waals surface area contributed by atoms with Gasteiger partial charge in [-0.15, -0.1) is 0 Å². The number of sulfone groups is 1. The van der Waals surface area contributed by atoms with Gasteiger partial charge in [0.1, 0.15) is 5.02 Å². The normalized spacial score (nSPS) is 16.1. The van der Waals surface area contributed by atoms with Gasteiger partial charge in [-0.3, -0.25) is 14.5 Å². The second-order valence-electron chi connectivity index (χ2n) is 6.11. The Morgan fingerprint density at radius 1 is 1.24 bits per heavy atom. The lowest BCUT2D eigenvalue weighted by molar-refractivity contribution is -0.123. The van der Waals surface area contributed by atoms with E-state index in [0.717, 1.165) is 23.3 Å². The number of nitrogens with zero attached hydrogens (tertiary/aromatic N) is 1. The summed E-state index contributed by atoms with van der Waals surface area (Å²) < 4.78 is 37.6. The van der Waals surface area contributed by atoms with Crippen LogP contribution in [0.15, 0.2) is 40.1 Å². The van der Waals surface area contributed by atoms with Crippen molar-refractivity contribution >= 4 is 62.0 Å². The monoisotopic (exact) mass is 475 g/mol. The van der Waals surface area contributed by atoms with Crippen LogP contribution in [0.4, 0.5) is 9.18 Å². The van der Waals surface area contributed by atoms with E-state index in [1.807, 2.05) is 0 Å². The first-order valence-electron chi connectivity index (χ1n) is 7.90. The first-order valence-corrected chi connectivity index (χ1v) is 11.4. The highest BCUT2D eigenvalue weighted by Gasteiger charge is 2.35. The standard InChI is InChI=1S/C18H12Cl2FNO5S2/c1-29(26,27)11-4-2-3-9(5-11)8-22-17(24)13(28-18(22)25)7-10-6-12(19)16(23)14(20)15(10)21/h2-7,23H,8H2,1H3/b13-7-. The van der Waals surface area contributed by atoms with Crippen LogP contribution in [0.2, 0.25) is 10.0 Å². The Hall–Kier alpha value is -2.07. The second-order valence-corrected chi connectivity index (χ2v) is 9.91. The van der Waals surface area contributed by atoms with Crippen LogP contribution in [0.25, 0.3) is 6.08 Å². The molecule has 1 fully saturated rings. The smallest absolute Gasteiger partial charge is 0.293 e. The minimum Gasteiger partial charge on any atom is -0.505 e. The van der Waals surface area contributed by atoms with Gasteiger partial charge in [0.15, 0.2) is 21.4 Å². The van der Waals surface area contributed by atoms with E-state index < -0.39 is 37.6 Å². The van der Waals surface area contributed by atoms with Crippen molar-refractivity contribution in [1.29, 1.82) is 0 Å². The number of imide groups is 1.